The van der Waals surface area contributed by atoms with E-state index in [1.54, 1.807) is 23.9 Å². The van der Waals surface area contributed by atoms with E-state index >= 15 is 0 Å². The van der Waals surface area contributed by atoms with E-state index < -0.39 is 0 Å². The number of aryl methyl sites for hydroxylation is 2. The van der Waals surface area contributed by atoms with E-state index in [9.17, 15) is 4.79 Å². The summed E-state index contributed by atoms with van der Waals surface area (Å²) >= 11 is 13.4. The van der Waals surface area contributed by atoms with Crippen molar-refractivity contribution in [1.29, 1.82) is 0 Å². The molecule has 0 fully saturated rings. The largest absolute Gasteiger partial charge is 0.310 e. The highest BCUT2D eigenvalue weighted by Crippen LogP contribution is 2.24. The SMILES string of the molecule is Cc1cc(NC(=O)CSCc2ccc(Cl)cc2Cl)n(C)n1. The molecule has 0 saturated heterocycles. The van der Waals surface area contributed by atoms with E-state index in [1.807, 2.05) is 19.1 Å². The molecule has 0 aliphatic rings. The van der Waals surface area contributed by atoms with Gasteiger partial charge < -0.3 is 5.32 Å². The molecule has 1 amide bonds. The van der Waals surface area contributed by atoms with Gasteiger partial charge in [-0.05, 0) is 24.6 Å². The minimum atomic E-state index is -0.0620. The number of aromatic nitrogens is 2. The van der Waals surface area contributed by atoms with Gasteiger partial charge in [-0.1, -0.05) is 29.3 Å². The molecule has 2 aromatic rings. The molecule has 112 valence electrons. The Morgan fingerprint density at radius 1 is 1.38 bits per heavy atom. The summed E-state index contributed by atoms with van der Waals surface area (Å²) in [6.45, 7) is 1.88. The van der Waals surface area contributed by atoms with Gasteiger partial charge in [0.1, 0.15) is 5.82 Å². The molecule has 0 radical (unpaired) electrons. The molecular weight excluding hydrogens is 329 g/mol. The first kappa shape index (κ1) is 16.2. The maximum Gasteiger partial charge on any atom is 0.235 e. The van der Waals surface area contributed by atoms with Crippen LogP contribution in [0.5, 0.6) is 0 Å². The molecule has 1 heterocycles. The molecule has 0 bridgehead atoms. The van der Waals surface area contributed by atoms with Crippen molar-refractivity contribution in [2.45, 2.75) is 12.7 Å². The van der Waals surface area contributed by atoms with Gasteiger partial charge in [0.15, 0.2) is 0 Å². The summed E-state index contributed by atoms with van der Waals surface area (Å²) in [4.78, 5) is 11.9. The first-order chi connectivity index (χ1) is 9.95. The zero-order valence-electron chi connectivity index (χ0n) is 11.7. The molecule has 2 rings (SSSR count). The highest BCUT2D eigenvalue weighted by molar-refractivity contribution is 7.99. The minimum Gasteiger partial charge on any atom is -0.310 e. The van der Waals surface area contributed by atoms with Crippen molar-refractivity contribution < 1.29 is 4.79 Å². The van der Waals surface area contributed by atoms with Gasteiger partial charge in [-0.25, -0.2) is 0 Å². The van der Waals surface area contributed by atoms with Gasteiger partial charge in [-0.15, -0.1) is 11.8 Å². The van der Waals surface area contributed by atoms with Crippen molar-refractivity contribution in [2.24, 2.45) is 7.05 Å². The quantitative estimate of drug-likeness (QED) is 0.895. The maximum atomic E-state index is 11.9. The van der Waals surface area contributed by atoms with Gasteiger partial charge in [0.05, 0.1) is 11.4 Å². The number of benzene rings is 1. The lowest BCUT2D eigenvalue weighted by molar-refractivity contribution is -0.113. The number of thioether (sulfide) groups is 1. The number of rotatable bonds is 5. The number of amides is 1. The Kier molecular flexibility index (Phi) is 5.56. The van der Waals surface area contributed by atoms with E-state index in [4.69, 9.17) is 23.2 Å². The Balaban J connectivity index is 1.83. The Morgan fingerprint density at radius 2 is 2.14 bits per heavy atom. The van der Waals surface area contributed by atoms with Crippen LogP contribution in [0.2, 0.25) is 10.0 Å². The third-order valence-corrected chi connectivity index (χ3v) is 4.34. The zero-order valence-corrected chi connectivity index (χ0v) is 14.0. The second-order valence-corrected chi connectivity index (χ2v) is 6.40. The number of hydrogen-bond donors (Lipinski definition) is 1. The van der Waals surface area contributed by atoms with Crippen LogP contribution < -0.4 is 5.32 Å². The fourth-order valence-corrected chi connectivity index (χ4v) is 3.18. The van der Waals surface area contributed by atoms with E-state index in [2.05, 4.69) is 10.4 Å². The second kappa shape index (κ2) is 7.20. The molecule has 0 aliphatic heterocycles. The van der Waals surface area contributed by atoms with Gasteiger partial charge in [0.2, 0.25) is 5.91 Å². The Hall–Kier alpha value is -1.17. The third-order valence-electron chi connectivity index (χ3n) is 2.78. The van der Waals surface area contributed by atoms with Crippen molar-refractivity contribution in [2.75, 3.05) is 11.1 Å². The van der Waals surface area contributed by atoms with Crippen LogP contribution in [0.15, 0.2) is 24.3 Å². The van der Waals surface area contributed by atoms with Crippen LogP contribution in [0.3, 0.4) is 0 Å². The highest BCUT2D eigenvalue weighted by atomic mass is 35.5. The minimum absolute atomic E-state index is 0.0620. The number of carbonyl (C=O) groups excluding carboxylic acids is 1. The first-order valence-corrected chi connectivity index (χ1v) is 8.19. The standard InChI is InChI=1S/C14H15Cl2N3OS/c1-9-5-13(19(2)18-9)17-14(20)8-21-7-10-3-4-11(15)6-12(10)16/h3-6H,7-8H2,1-2H3,(H,17,20). The molecule has 0 aliphatic carbocycles. The number of nitrogens with zero attached hydrogens (tertiary/aromatic N) is 2. The molecule has 1 N–H and O–H groups in total. The van der Waals surface area contributed by atoms with Crippen molar-refractivity contribution in [1.82, 2.24) is 9.78 Å². The van der Waals surface area contributed by atoms with Crippen LogP contribution in [0.4, 0.5) is 5.82 Å². The average Bonchev–Trinajstić information content (AvgIpc) is 2.70. The summed E-state index contributed by atoms with van der Waals surface area (Å²) in [5.74, 6) is 1.65. The van der Waals surface area contributed by atoms with Gasteiger partial charge >= 0.3 is 0 Å². The summed E-state index contributed by atoms with van der Waals surface area (Å²) in [5.41, 5.74) is 1.84. The molecule has 7 heteroatoms. The molecule has 0 atom stereocenters. The van der Waals surface area contributed by atoms with Crippen molar-refractivity contribution in [3.63, 3.8) is 0 Å². The second-order valence-electron chi connectivity index (χ2n) is 4.57. The lowest BCUT2D eigenvalue weighted by Gasteiger charge is -2.06. The van der Waals surface area contributed by atoms with Gasteiger partial charge in [-0.2, -0.15) is 5.10 Å². The summed E-state index contributed by atoms with van der Waals surface area (Å²) in [7, 11) is 1.79. The number of carbonyl (C=O) groups is 1. The Bertz CT molecular complexity index is 658. The molecule has 1 aromatic heterocycles. The van der Waals surface area contributed by atoms with Crippen LogP contribution >= 0.6 is 35.0 Å². The molecule has 0 unspecified atom stereocenters. The average molecular weight is 344 g/mol. The first-order valence-electron chi connectivity index (χ1n) is 6.28. The van der Waals surface area contributed by atoms with Crippen LogP contribution in [0.25, 0.3) is 0 Å². The maximum absolute atomic E-state index is 11.9. The molecule has 0 saturated carbocycles. The molecular formula is C14H15Cl2N3OS. The summed E-state index contributed by atoms with van der Waals surface area (Å²) in [5, 5.41) is 8.24. The lowest BCUT2D eigenvalue weighted by atomic mass is 10.2. The Morgan fingerprint density at radius 3 is 2.76 bits per heavy atom. The van der Waals surface area contributed by atoms with Crippen molar-refractivity contribution in [3.8, 4) is 0 Å². The molecule has 21 heavy (non-hydrogen) atoms. The molecule has 0 spiro atoms. The fourth-order valence-electron chi connectivity index (χ4n) is 1.80. The molecule has 1 aromatic carbocycles. The number of hydrogen-bond acceptors (Lipinski definition) is 3. The Labute approximate surface area is 137 Å². The van der Waals surface area contributed by atoms with Crippen LogP contribution in [-0.2, 0) is 17.6 Å². The van der Waals surface area contributed by atoms with Crippen molar-refractivity contribution >= 4 is 46.7 Å². The topological polar surface area (TPSA) is 46.9 Å². The van der Waals surface area contributed by atoms with E-state index in [-0.39, 0.29) is 5.91 Å². The zero-order chi connectivity index (χ0) is 15.4. The fraction of sp³-hybridized carbons (Fsp3) is 0.286. The van der Waals surface area contributed by atoms with Gasteiger partial charge in [0, 0.05) is 28.9 Å². The highest BCUT2D eigenvalue weighted by Gasteiger charge is 2.08. The third kappa shape index (κ3) is 4.66. The van der Waals surface area contributed by atoms with E-state index in [0.29, 0.717) is 27.4 Å². The van der Waals surface area contributed by atoms with Crippen LogP contribution in [0, 0.1) is 6.92 Å². The summed E-state index contributed by atoms with van der Waals surface area (Å²) in [6.07, 6.45) is 0. The number of nitrogens with one attached hydrogen (secondary N) is 1. The van der Waals surface area contributed by atoms with Crippen molar-refractivity contribution in [3.05, 3.63) is 45.6 Å². The normalized spacial score (nSPS) is 10.7. The monoisotopic (exact) mass is 343 g/mol. The predicted octanol–water partition coefficient (Wildman–Crippen LogP) is 3.91. The van der Waals surface area contributed by atoms with Gasteiger partial charge in [-0.3, -0.25) is 9.48 Å². The van der Waals surface area contributed by atoms with Crippen LogP contribution in [-0.4, -0.2) is 21.4 Å². The molecule has 4 nitrogen and oxygen atoms in total. The van der Waals surface area contributed by atoms with E-state index in [0.717, 1.165) is 11.3 Å². The van der Waals surface area contributed by atoms with Crippen LogP contribution in [0.1, 0.15) is 11.3 Å². The summed E-state index contributed by atoms with van der Waals surface area (Å²) in [6, 6.07) is 7.21. The van der Waals surface area contributed by atoms with Gasteiger partial charge in [0.25, 0.3) is 0 Å². The smallest absolute Gasteiger partial charge is 0.235 e. The summed E-state index contributed by atoms with van der Waals surface area (Å²) < 4.78 is 1.65. The number of halogens is 2. The van der Waals surface area contributed by atoms with E-state index in [1.165, 1.54) is 11.8 Å². The number of anilines is 1. The predicted molar refractivity (Wildman–Crippen MR) is 89.2 cm³/mol. The lowest BCUT2D eigenvalue weighted by Crippen LogP contribution is -2.16.